The van der Waals surface area contributed by atoms with E-state index in [2.05, 4.69) is 71.9 Å². The summed E-state index contributed by atoms with van der Waals surface area (Å²) in [6.45, 7) is 14.9. The molecule has 0 spiro atoms. The fraction of sp³-hybridized carbons (Fsp3) is 0.844. The lowest BCUT2D eigenvalue weighted by atomic mass is 9.47. The number of fused-ring (bicyclic) bond motifs is 5. The molecule has 4 aliphatic carbocycles. The number of allylic oxidation sites excluding steroid dienone is 5. The minimum atomic E-state index is 0.0477. The zero-order valence-corrected chi connectivity index (χ0v) is 32.0. The first-order valence-electron chi connectivity index (χ1n) is 20.9. The first kappa shape index (κ1) is 38.5. The molecule has 0 bridgehead atoms. The van der Waals surface area contributed by atoms with E-state index < -0.39 is 0 Å². The van der Waals surface area contributed by atoms with Crippen molar-refractivity contribution >= 4 is 5.97 Å². The molecule has 0 aromatic heterocycles. The van der Waals surface area contributed by atoms with Crippen LogP contribution in [-0.2, 0) is 9.53 Å². The second-order valence-electron chi connectivity index (χ2n) is 17.6. The number of carbonyl (C=O) groups is 1. The van der Waals surface area contributed by atoms with Gasteiger partial charge in [0, 0.05) is 12.8 Å². The molecule has 0 unspecified atom stereocenters. The Bertz CT molecular complexity index is 1020. The van der Waals surface area contributed by atoms with Crippen LogP contribution in [-0.4, -0.2) is 12.1 Å². The van der Waals surface area contributed by atoms with Crippen LogP contribution in [0.15, 0.2) is 36.0 Å². The van der Waals surface area contributed by atoms with Gasteiger partial charge in [-0.2, -0.15) is 0 Å². The van der Waals surface area contributed by atoms with E-state index in [-0.39, 0.29) is 12.1 Å². The quantitative estimate of drug-likeness (QED) is 0.0559. The van der Waals surface area contributed by atoms with Crippen molar-refractivity contribution in [1.29, 1.82) is 0 Å². The summed E-state index contributed by atoms with van der Waals surface area (Å²) in [5.74, 6) is 5.30. The predicted octanol–water partition coefficient (Wildman–Crippen LogP) is 13.8. The molecule has 47 heavy (non-hydrogen) atoms. The van der Waals surface area contributed by atoms with Crippen molar-refractivity contribution in [1.82, 2.24) is 0 Å². The van der Waals surface area contributed by atoms with Gasteiger partial charge in [-0.15, -0.1) is 0 Å². The van der Waals surface area contributed by atoms with Gasteiger partial charge in [-0.1, -0.05) is 129 Å². The van der Waals surface area contributed by atoms with Gasteiger partial charge in [-0.25, -0.2) is 0 Å². The molecule has 3 fully saturated rings. The van der Waals surface area contributed by atoms with E-state index in [0.717, 1.165) is 67.6 Å². The van der Waals surface area contributed by atoms with Crippen molar-refractivity contribution in [3.05, 3.63) is 36.0 Å². The molecule has 0 heterocycles. The first-order valence-corrected chi connectivity index (χ1v) is 20.9. The number of rotatable bonds is 20. The van der Waals surface area contributed by atoms with E-state index in [4.69, 9.17) is 4.74 Å². The second-order valence-corrected chi connectivity index (χ2v) is 17.6. The summed E-state index contributed by atoms with van der Waals surface area (Å²) in [5.41, 5.74) is 2.52. The van der Waals surface area contributed by atoms with Crippen molar-refractivity contribution < 1.29 is 9.53 Å². The monoisotopic (exact) mass is 667 g/mol. The van der Waals surface area contributed by atoms with Gasteiger partial charge in [-0.3, -0.25) is 4.79 Å². The van der Waals surface area contributed by atoms with Crippen LogP contribution < -0.4 is 0 Å². The maximum Gasteiger partial charge on any atom is 0.306 e. The summed E-state index contributed by atoms with van der Waals surface area (Å²) in [5, 5.41) is 0. The zero-order chi connectivity index (χ0) is 33.7. The average Bonchev–Trinajstić information content (AvgIpc) is 3.40. The Morgan fingerprint density at radius 1 is 0.830 bits per heavy atom. The molecule has 0 radical (unpaired) electrons. The van der Waals surface area contributed by atoms with Crippen molar-refractivity contribution in [3.8, 4) is 0 Å². The van der Waals surface area contributed by atoms with Crippen LogP contribution in [0.5, 0.6) is 0 Å². The maximum absolute atomic E-state index is 12.8. The largest absolute Gasteiger partial charge is 0.462 e. The number of esters is 1. The Hall–Kier alpha value is -1.31. The maximum atomic E-state index is 12.8. The van der Waals surface area contributed by atoms with Gasteiger partial charge in [0.05, 0.1) is 0 Å². The van der Waals surface area contributed by atoms with E-state index in [1.807, 2.05) is 0 Å². The average molecular weight is 667 g/mol. The molecule has 0 saturated heterocycles. The molecule has 0 aromatic carbocycles. The van der Waals surface area contributed by atoms with Crippen LogP contribution in [0.3, 0.4) is 0 Å². The van der Waals surface area contributed by atoms with Crippen LogP contribution in [0.4, 0.5) is 0 Å². The molecule has 0 aliphatic heterocycles. The third-order valence-corrected chi connectivity index (χ3v) is 13.9. The smallest absolute Gasteiger partial charge is 0.306 e. The van der Waals surface area contributed by atoms with Gasteiger partial charge in [0.1, 0.15) is 6.10 Å². The molecule has 4 rings (SSSR count). The Balaban J connectivity index is 1.13. The van der Waals surface area contributed by atoms with Gasteiger partial charge >= 0.3 is 5.97 Å². The summed E-state index contributed by atoms with van der Waals surface area (Å²) in [6.07, 6.45) is 40.5. The lowest BCUT2D eigenvalue weighted by Crippen LogP contribution is -2.51. The lowest BCUT2D eigenvalue weighted by molar-refractivity contribution is -0.151. The van der Waals surface area contributed by atoms with Crippen LogP contribution >= 0.6 is 0 Å². The van der Waals surface area contributed by atoms with Crippen molar-refractivity contribution in [2.45, 2.75) is 195 Å². The highest BCUT2D eigenvalue weighted by molar-refractivity contribution is 5.69. The van der Waals surface area contributed by atoms with Crippen LogP contribution in [0.25, 0.3) is 0 Å². The highest BCUT2D eigenvalue weighted by atomic mass is 16.6. The van der Waals surface area contributed by atoms with Gasteiger partial charge in [0.2, 0.25) is 0 Å². The standard InChI is InChI=1S/C45H76O2/c1-7-8-9-10-11-12-13-14-15-16-17-18-19-20-21-25-43(46)47-38-30-32-44(5)37(34-38)26-27-39-41-29-28-40(36(4)24-22-23-35(2)3)45(41,6)33-31-42(39)44/h11-12,14-15,26,35-36,38-42H,7-10,13,16-25,27-34H2,1-6H3/b12-11-,15-14-/t36-,38+,39+,40-,41+,42+,44+,45-/m1/s1/i1+1,7+1,8+1,9+1,10+1,11+1,12+1,13+1,14+1,15+1,16+1,17+1,18+1,19+1,20+1,21+1,25+1,43+1. The van der Waals surface area contributed by atoms with Crippen LogP contribution in [0.2, 0.25) is 0 Å². The number of unbranched alkanes of at least 4 members (excludes halogenated alkanes) is 8. The highest BCUT2D eigenvalue weighted by Crippen LogP contribution is 2.67. The molecule has 8 atom stereocenters. The van der Waals surface area contributed by atoms with E-state index >= 15 is 0 Å². The molecular formula is C45H76O2. The Labute approximate surface area is 292 Å². The summed E-state index contributed by atoms with van der Waals surface area (Å²) >= 11 is 0. The Morgan fingerprint density at radius 2 is 1.55 bits per heavy atom. The van der Waals surface area contributed by atoms with Gasteiger partial charge in [0.15, 0.2) is 0 Å². The third kappa shape index (κ3) is 10.6. The van der Waals surface area contributed by atoms with Gasteiger partial charge in [0.25, 0.3) is 0 Å². The normalized spacial score (nSPS) is 32.7. The third-order valence-electron chi connectivity index (χ3n) is 13.9. The molecule has 0 amide bonds. The van der Waals surface area contributed by atoms with Gasteiger partial charge in [-0.05, 0) is 130 Å². The Kier molecular flexibility index (Phi) is 15.7. The number of hydrogen-bond donors (Lipinski definition) is 0. The van der Waals surface area contributed by atoms with E-state index in [9.17, 15) is 4.79 Å². The number of hydrogen-bond acceptors (Lipinski definition) is 2. The molecule has 4 aliphatic rings. The summed E-state index contributed by atoms with van der Waals surface area (Å²) < 4.78 is 6.12. The fourth-order valence-corrected chi connectivity index (χ4v) is 11.1. The second kappa shape index (κ2) is 19.2. The molecule has 268 valence electrons. The summed E-state index contributed by atoms with van der Waals surface area (Å²) in [7, 11) is 0. The zero-order valence-electron chi connectivity index (χ0n) is 32.0. The van der Waals surface area contributed by atoms with Crippen LogP contribution in [0.1, 0.15) is 189 Å². The Morgan fingerprint density at radius 3 is 2.30 bits per heavy atom. The first-order chi connectivity index (χ1) is 22.7. The van der Waals surface area contributed by atoms with E-state index in [0.29, 0.717) is 17.3 Å². The molecule has 2 heteroatoms. The minimum Gasteiger partial charge on any atom is -0.462 e. The molecule has 0 N–H and O–H groups in total. The summed E-state index contributed by atoms with van der Waals surface area (Å²) in [4.78, 5) is 12.8. The van der Waals surface area contributed by atoms with E-state index in [1.54, 1.807) is 5.57 Å². The van der Waals surface area contributed by atoms with Gasteiger partial charge < -0.3 is 4.74 Å². The molecular weight excluding hydrogens is 590 g/mol. The fourth-order valence-electron chi connectivity index (χ4n) is 11.1. The number of carbonyl (C=O) groups excluding carboxylic acids is 1. The van der Waals surface area contributed by atoms with Crippen LogP contribution in [0, 0.1) is 46.3 Å². The number of ether oxygens (including phenoxy) is 1. The summed E-state index contributed by atoms with van der Waals surface area (Å²) in [6, 6.07) is 0. The molecule has 0 aromatic rings. The lowest BCUT2D eigenvalue weighted by Gasteiger charge is -2.58. The van der Waals surface area contributed by atoms with Crippen molar-refractivity contribution in [2.75, 3.05) is 0 Å². The van der Waals surface area contributed by atoms with E-state index in [1.165, 1.54) is 109 Å². The highest BCUT2D eigenvalue weighted by Gasteiger charge is 2.59. The SMILES string of the molecule is CC(C)CCC[C@@H](C)[C@H]1CC[C@H]2[C@@H]3CC=C4C[C@@H](O[13C](=O)[13CH2][13CH2][13CH2][13CH2][13CH2][13CH2][13CH2]/[13CH]=[13CH]\[13CH2]/[13CH]=[13CH]\[13CH2][13CH2][13CH2][13CH2][13CH3])CC[C@]4(C)[C@H]3CC[C@]12C. The molecule has 2 nitrogen and oxygen atoms in total. The topological polar surface area (TPSA) is 26.3 Å². The minimum absolute atomic E-state index is 0.0477. The predicted molar refractivity (Wildman–Crippen MR) is 202 cm³/mol. The molecule has 3 saturated carbocycles. The van der Waals surface area contributed by atoms with Crippen molar-refractivity contribution in [3.63, 3.8) is 0 Å². The van der Waals surface area contributed by atoms with Crippen molar-refractivity contribution in [2.24, 2.45) is 46.3 Å².